The normalized spacial score (nSPS) is 15.1. The molecular formula is C12H14BrNO2. The van der Waals surface area contributed by atoms with Crippen LogP contribution in [0.4, 0.5) is 0 Å². The third-order valence-corrected chi connectivity index (χ3v) is 2.99. The second-order valence-corrected chi connectivity index (χ2v) is 4.36. The van der Waals surface area contributed by atoms with E-state index in [-0.39, 0.29) is 0 Å². The lowest BCUT2D eigenvalue weighted by Crippen LogP contribution is -1.97. The second-order valence-electron chi connectivity index (χ2n) is 3.51. The molecule has 0 saturated heterocycles. The molecule has 0 aliphatic carbocycles. The molecule has 1 aromatic rings. The fraction of sp³-hybridized carbons (Fsp3) is 0.333. The maximum atomic E-state index is 5.61. The SMILES string of the molecule is NC/C=C/c1cc2c(cc1Br)OCCCO2. The van der Waals surface area contributed by atoms with Crippen LogP contribution in [0.2, 0.25) is 0 Å². The number of benzene rings is 1. The fourth-order valence-electron chi connectivity index (χ4n) is 1.52. The van der Waals surface area contributed by atoms with E-state index in [4.69, 9.17) is 15.2 Å². The largest absolute Gasteiger partial charge is 0.490 e. The minimum absolute atomic E-state index is 0.529. The van der Waals surface area contributed by atoms with Gasteiger partial charge in [-0.25, -0.2) is 0 Å². The van der Waals surface area contributed by atoms with Gasteiger partial charge < -0.3 is 15.2 Å². The van der Waals surface area contributed by atoms with E-state index in [0.717, 1.165) is 28.0 Å². The van der Waals surface area contributed by atoms with Gasteiger partial charge in [0, 0.05) is 17.4 Å². The third-order valence-electron chi connectivity index (χ3n) is 2.30. The van der Waals surface area contributed by atoms with Gasteiger partial charge in [-0.1, -0.05) is 28.1 Å². The van der Waals surface area contributed by atoms with Gasteiger partial charge in [0.2, 0.25) is 0 Å². The molecule has 0 amide bonds. The van der Waals surface area contributed by atoms with Gasteiger partial charge in [0.1, 0.15) is 0 Å². The van der Waals surface area contributed by atoms with Gasteiger partial charge in [0.25, 0.3) is 0 Å². The lowest BCUT2D eigenvalue weighted by atomic mass is 10.2. The lowest BCUT2D eigenvalue weighted by Gasteiger charge is -2.09. The smallest absolute Gasteiger partial charge is 0.162 e. The van der Waals surface area contributed by atoms with Crippen LogP contribution in [0.25, 0.3) is 6.08 Å². The van der Waals surface area contributed by atoms with Crippen LogP contribution in [0.3, 0.4) is 0 Å². The molecule has 0 spiro atoms. The summed E-state index contributed by atoms with van der Waals surface area (Å²) in [6, 6.07) is 3.91. The number of ether oxygens (including phenoxy) is 2. The molecule has 0 bridgehead atoms. The van der Waals surface area contributed by atoms with E-state index in [1.807, 2.05) is 24.3 Å². The first-order valence-corrected chi connectivity index (χ1v) is 6.06. The molecule has 1 aliphatic rings. The van der Waals surface area contributed by atoms with Crippen LogP contribution in [0.15, 0.2) is 22.7 Å². The van der Waals surface area contributed by atoms with Crippen molar-refractivity contribution in [3.05, 3.63) is 28.2 Å². The Morgan fingerprint density at radius 1 is 1.25 bits per heavy atom. The van der Waals surface area contributed by atoms with Crippen LogP contribution < -0.4 is 15.2 Å². The highest BCUT2D eigenvalue weighted by molar-refractivity contribution is 9.10. The Kier molecular flexibility index (Phi) is 3.85. The monoisotopic (exact) mass is 283 g/mol. The minimum Gasteiger partial charge on any atom is -0.490 e. The molecular weight excluding hydrogens is 270 g/mol. The molecule has 3 nitrogen and oxygen atoms in total. The Bertz CT molecular complexity index is 404. The molecule has 1 aliphatic heterocycles. The van der Waals surface area contributed by atoms with Gasteiger partial charge in [-0.15, -0.1) is 0 Å². The van der Waals surface area contributed by atoms with Crippen LogP contribution >= 0.6 is 15.9 Å². The predicted molar refractivity (Wildman–Crippen MR) is 67.8 cm³/mol. The van der Waals surface area contributed by atoms with E-state index in [0.29, 0.717) is 19.8 Å². The quantitative estimate of drug-likeness (QED) is 0.907. The van der Waals surface area contributed by atoms with E-state index in [1.54, 1.807) is 0 Å². The summed E-state index contributed by atoms with van der Waals surface area (Å²) in [4.78, 5) is 0. The number of hydrogen-bond donors (Lipinski definition) is 1. The van der Waals surface area contributed by atoms with E-state index < -0.39 is 0 Å². The summed E-state index contributed by atoms with van der Waals surface area (Å²) in [5.41, 5.74) is 6.48. The fourth-order valence-corrected chi connectivity index (χ4v) is 1.98. The summed E-state index contributed by atoms with van der Waals surface area (Å²) in [6.45, 7) is 1.94. The van der Waals surface area contributed by atoms with Crippen LogP contribution in [-0.4, -0.2) is 19.8 Å². The topological polar surface area (TPSA) is 44.5 Å². The van der Waals surface area contributed by atoms with Crippen molar-refractivity contribution in [2.45, 2.75) is 6.42 Å². The molecule has 0 unspecified atom stereocenters. The van der Waals surface area contributed by atoms with Gasteiger partial charge in [-0.05, 0) is 17.7 Å². The molecule has 16 heavy (non-hydrogen) atoms. The molecule has 2 N–H and O–H groups in total. The summed E-state index contributed by atoms with van der Waals surface area (Å²) >= 11 is 3.50. The Labute approximate surface area is 103 Å². The molecule has 0 saturated carbocycles. The van der Waals surface area contributed by atoms with Gasteiger partial charge in [0.15, 0.2) is 11.5 Å². The Morgan fingerprint density at radius 2 is 1.94 bits per heavy atom. The van der Waals surface area contributed by atoms with E-state index in [2.05, 4.69) is 15.9 Å². The summed E-state index contributed by atoms with van der Waals surface area (Å²) in [5, 5.41) is 0. The number of hydrogen-bond acceptors (Lipinski definition) is 3. The van der Waals surface area contributed by atoms with Crippen molar-refractivity contribution < 1.29 is 9.47 Å². The highest BCUT2D eigenvalue weighted by Crippen LogP contribution is 2.35. The Balaban J connectivity index is 2.35. The summed E-state index contributed by atoms with van der Waals surface area (Å²) in [6.07, 6.45) is 4.79. The van der Waals surface area contributed by atoms with Gasteiger partial charge >= 0.3 is 0 Å². The zero-order chi connectivity index (χ0) is 11.4. The lowest BCUT2D eigenvalue weighted by molar-refractivity contribution is 0.297. The first-order chi connectivity index (χ1) is 7.81. The van der Waals surface area contributed by atoms with Crippen LogP contribution in [0.1, 0.15) is 12.0 Å². The predicted octanol–water partition coefficient (Wildman–Crippen LogP) is 2.58. The van der Waals surface area contributed by atoms with Crippen molar-refractivity contribution in [1.82, 2.24) is 0 Å². The first-order valence-electron chi connectivity index (χ1n) is 5.27. The van der Waals surface area contributed by atoms with E-state index >= 15 is 0 Å². The average molecular weight is 284 g/mol. The standard InChI is InChI=1S/C12H14BrNO2/c13-10-8-12-11(15-5-2-6-16-12)7-9(10)3-1-4-14/h1,3,7-8H,2,4-6,14H2/b3-1+. The Morgan fingerprint density at radius 3 is 2.62 bits per heavy atom. The molecule has 0 fully saturated rings. The zero-order valence-electron chi connectivity index (χ0n) is 8.91. The number of nitrogens with two attached hydrogens (primary N) is 1. The highest BCUT2D eigenvalue weighted by Gasteiger charge is 2.12. The molecule has 4 heteroatoms. The molecule has 0 radical (unpaired) electrons. The number of halogens is 1. The number of fused-ring (bicyclic) bond motifs is 1. The van der Waals surface area contributed by atoms with Gasteiger partial charge in [-0.2, -0.15) is 0 Å². The molecule has 1 aromatic carbocycles. The minimum atomic E-state index is 0.529. The average Bonchev–Trinajstić information content (AvgIpc) is 2.50. The first kappa shape index (κ1) is 11.5. The van der Waals surface area contributed by atoms with Crippen LogP contribution in [0, 0.1) is 0 Å². The second kappa shape index (κ2) is 5.37. The van der Waals surface area contributed by atoms with Crippen molar-refractivity contribution in [3.63, 3.8) is 0 Å². The van der Waals surface area contributed by atoms with Crippen LogP contribution in [-0.2, 0) is 0 Å². The van der Waals surface area contributed by atoms with Crippen molar-refractivity contribution in [1.29, 1.82) is 0 Å². The van der Waals surface area contributed by atoms with Crippen molar-refractivity contribution in [2.24, 2.45) is 5.73 Å². The summed E-state index contributed by atoms with van der Waals surface area (Å²) in [5.74, 6) is 1.60. The molecule has 86 valence electrons. The maximum absolute atomic E-state index is 5.61. The van der Waals surface area contributed by atoms with Crippen molar-refractivity contribution in [2.75, 3.05) is 19.8 Å². The van der Waals surface area contributed by atoms with Crippen molar-refractivity contribution in [3.8, 4) is 11.5 Å². The van der Waals surface area contributed by atoms with Gasteiger partial charge in [-0.3, -0.25) is 0 Å². The van der Waals surface area contributed by atoms with E-state index in [9.17, 15) is 0 Å². The molecule has 1 heterocycles. The summed E-state index contributed by atoms with van der Waals surface area (Å²) in [7, 11) is 0. The molecule has 0 aromatic heterocycles. The summed E-state index contributed by atoms with van der Waals surface area (Å²) < 4.78 is 12.2. The Hall–Kier alpha value is -1.00. The van der Waals surface area contributed by atoms with Crippen LogP contribution in [0.5, 0.6) is 11.5 Å². The zero-order valence-corrected chi connectivity index (χ0v) is 10.5. The third kappa shape index (κ3) is 2.57. The number of rotatable bonds is 2. The van der Waals surface area contributed by atoms with E-state index in [1.165, 1.54) is 0 Å². The van der Waals surface area contributed by atoms with Gasteiger partial charge in [0.05, 0.1) is 13.2 Å². The maximum Gasteiger partial charge on any atom is 0.162 e. The highest BCUT2D eigenvalue weighted by atomic mass is 79.9. The molecule has 0 atom stereocenters. The van der Waals surface area contributed by atoms with Crippen molar-refractivity contribution >= 4 is 22.0 Å². The molecule has 2 rings (SSSR count).